The molecule has 0 saturated heterocycles. The number of aromatic nitrogens is 1. The molecule has 16 heavy (non-hydrogen) atoms. The SMILES string of the molecule is CCCC(COC)NCc1cccc(Br)n1. The maximum atomic E-state index is 5.18. The van der Waals surface area contributed by atoms with E-state index in [4.69, 9.17) is 4.74 Å². The van der Waals surface area contributed by atoms with Crippen molar-refractivity contribution in [1.29, 1.82) is 0 Å². The minimum atomic E-state index is 0.413. The van der Waals surface area contributed by atoms with Gasteiger partial charge in [-0.3, -0.25) is 0 Å². The van der Waals surface area contributed by atoms with Gasteiger partial charge in [0.15, 0.2) is 0 Å². The van der Waals surface area contributed by atoms with Gasteiger partial charge in [0.25, 0.3) is 0 Å². The largest absolute Gasteiger partial charge is 0.383 e. The van der Waals surface area contributed by atoms with Crippen LogP contribution in [0.4, 0.5) is 0 Å². The summed E-state index contributed by atoms with van der Waals surface area (Å²) < 4.78 is 6.06. The van der Waals surface area contributed by atoms with Crippen LogP contribution in [-0.2, 0) is 11.3 Å². The molecule has 90 valence electrons. The highest BCUT2D eigenvalue weighted by molar-refractivity contribution is 9.10. The highest BCUT2D eigenvalue weighted by Crippen LogP contribution is 2.06. The lowest BCUT2D eigenvalue weighted by Gasteiger charge is -2.16. The molecule has 0 aliphatic carbocycles. The van der Waals surface area contributed by atoms with Gasteiger partial charge in [0, 0.05) is 19.7 Å². The Kier molecular flexibility index (Phi) is 6.61. The molecule has 1 aromatic heterocycles. The van der Waals surface area contributed by atoms with Crippen molar-refractivity contribution in [2.24, 2.45) is 0 Å². The third-order valence-corrected chi connectivity index (χ3v) is 2.79. The third kappa shape index (κ3) is 5.05. The van der Waals surface area contributed by atoms with Gasteiger partial charge in [0.2, 0.25) is 0 Å². The van der Waals surface area contributed by atoms with E-state index in [2.05, 4.69) is 33.2 Å². The second-order valence-electron chi connectivity index (χ2n) is 3.77. The fourth-order valence-electron chi connectivity index (χ4n) is 1.59. The van der Waals surface area contributed by atoms with Gasteiger partial charge in [-0.05, 0) is 34.5 Å². The molecule has 4 heteroatoms. The Balaban J connectivity index is 2.41. The standard InChI is InChI=1S/C12H19BrN2O/c1-3-5-11(9-16-2)14-8-10-6-4-7-12(13)15-10/h4,6-7,11,14H,3,5,8-9H2,1-2H3. The molecule has 0 bridgehead atoms. The zero-order chi connectivity index (χ0) is 11.8. The van der Waals surface area contributed by atoms with Gasteiger partial charge in [0.05, 0.1) is 12.3 Å². The van der Waals surface area contributed by atoms with Crippen molar-refractivity contribution in [3.8, 4) is 0 Å². The maximum absolute atomic E-state index is 5.18. The van der Waals surface area contributed by atoms with Crippen LogP contribution < -0.4 is 5.32 Å². The molecule has 1 heterocycles. The Morgan fingerprint density at radius 1 is 1.50 bits per heavy atom. The number of pyridine rings is 1. The number of methoxy groups -OCH3 is 1. The van der Waals surface area contributed by atoms with Crippen molar-refractivity contribution in [2.75, 3.05) is 13.7 Å². The zero-order valence-electron chi connectivity index (χ0n) is 9.87. The molecule has 1 unspecified atom stereocenters. The Labute approximate surface area is 106 Å². The monoisotopic (exact) mass is 286 g/mol. The first-order valence-corrected chi connectivity index (χ1v) is 6.39. The van der Waals surface area contributed by atoms with Gasteiger partial charge in [0.1, 0.15) is 4.60 Å². The second kappa shape index (κ2) is 7.76. The lowest BCUT2D eigenvalue weighted by molar-refractivity contribution is 0.161. The summed E-state index contributed by atoms with van der Waals surface area (Å²) in [5.74, 6) is 0. The fourth-order valence-corrected chi connectivity index (χ4v) is 1.97. The van der Waals surface area contributed by atoms with E-state index in [0.717, 1.165) is 36.3 Å². The van der Waals surface area contributed by atoms with Crippen LogP contribution in [0.25, 0.3) is 0 Å². The Morgan fingerprint density at radius 3 is 2.94 bits per heavy atom. The van der Waals surface area contributed by atoms with E-state index in [-0.39, 0.29) is 0 Å². The molecular weight excluding hydrogens is 268 g/mol. The topological polar surface area (TPSA) is 34.1 Å². The van der Waals surface area contributed by atoms with Crippen LogP contribution >= 0.6 is 15.9 Å². The molecule has 0 fully saturated rings. The van der Waals surface area contributed by atoms with Crippen molar-refractivity contribution in [3.63, 3.8) is 0 Å². The van der Waals surface area contributed by atoms with Crippen LogP contribution in [0.3, 0.4) is 0 Å². The lowest BCUT2D eigenvalue weighted by atomic mass is 10.2. The minimum absolute atomic E-state index is 0.413. The van der Waals surface area contributed by atoms with Crippen LogP contribution in [0.15, 0.2) is 22.8 Å². The first-order valence-electron chi connectivity index (χ1n) is 5.60. The number of hydrogen-bond donors (Lipinski definition) is 1. The molecule has 0 spiro atoms. The number of nitrogens with zero attached hydrogens (tertiary/aromatic N) is 1. The van der Waals surface area contributed by atoms with E-state index >= 15 is 0 Å². The number of nitrogens with one attached hydrogen (secondary N) is 1. The van der Waals surface area contributed by atoms with Gasteiger partial charge in [-0.15, -0.1) is 0 Å². The van der Waals surface area contributed by atoms with Crippen molar-refractivity contribution >= 4 is 15.9 Å². The van der Waals surface area contributed by atoms with Gasteiger partial charge >= 0.3 is 0 Å². The Morgan fingerprint density at radius 2 is 2.31 bits per heavy atom. The molecule has 3 nitrogen and oxygen atoms in total. The quantitative estimate of drug-likeness (QED) is 0.783. The smallest absolute Gasteiger partial charge is 0.106 e. The molecule has 0 aliphatic heterocycles. The third-order valence-electron chi connectivity index (χ3n) is 2.35. The average molecular weight is 287 g/mol. The summed E-state index contributed by atoms with van der Waals surface area (Å²) in [4.78, 5) is 4.38. The van der Waals surface area contributed by atoms with Crippen molar-refractivity contribution in [1.82, 2.24) is 10.3 Å². The van der Waals surface area contributed by atoms with E-state index in [0.29, 0.717) is 6.04 Å². The number of ether oxygens (including phenoxy) is 1. The average Bonchev–Trinajstić information content (AvgIpc) is 2.27. The Bertz CT molecular complexity index is 301. The van der Waals surface area contributed by atoms with Crippen LogP contribution in [-0.4, -0.2) is 24.7 Å². The van der Waals surface area contributed by atoms with Crippen molar-refractivity contribution in [2.45, 2.75) is 32.4 Å². The summed E-state index contributed by atoms with van der Waals surface area (Å²) >= 11 is 3.37. The molecule has 0 radical (unpaired) electrons. The first kappa shape index (κ1) is 13.6. The molecule has 1 aromatic rings. The molecule has 0 aliphatic rings. The number of hydrogen-bond acceptors (Lipinski definition) is 3. The summed E-state index contributed by atoms with van der Waals surface area (Å²) in [6, 6.07) is 6.37. The summed E-state index contributed by atoms with van der Waals surface area (Å²) in [6.45, 7) is 3.72. The van der Waals surface area contributed by atoms with E-state index in [9.17, 15) is 0 Å². The minimum Gasteiger partial charge on any atom is -0.383 e. The highest BCUT2D eigenvalue weighted by Gasteiger charge is 2.06. The van der Waals surface area contributed by atoms with E-state index in [1.54, 1.807) is 7.11 Å². The normalized spacial score (nSPS) is 12.7. The van der Waals surface area contributed by atoms with Crippen LogP contribution in [0, 0.1) is 0 Å². The van der Waals surface area contributed by atoms with Gasteiger partial charge in [-0.2, -0.15) is 0 Å². The van der Waals surface area contributed by atoms with Crippen molar-refractivity contribution < 1.29 is 4.74 Å². The molecule has 0 saturated carbocycles. The van der Waals surface area contributed by atoms with E-state index in [1.165, 1.54) is 0 Å². The molecule has 1 atom stereocenters. The van der Waals surface area contributed by atoms with Gasteiger partial charge < -0.3 is 10.1 Å². The molecule has 0 amide bonds. The number of rotatable bonds is 7. The van der Waals surface area contributed by atoms with Gasteiger partial charge in [-0.1, -0.05) is 19.4 Å². The molecule has 1 N–H and O–H groups in total. The van der Waals surface area contributed by atoms with Crippen LogP contribution in [0.5, 0.6) is 0 Å². The predicted molar refractivity (Wildman–Crippen MR) is 69.3 cm³/mol. The number of halogens is 1. The van der Waals surface area contributed by atoms with Crippen LogP contribution in [0.2, 0.25) is 0 Å². The zero-order valence-corrected chi connectivity index (χ0v) is 11.5. The highest BCUT2D eigenvalue weighted by atomic mass is 79.9. The molecule has 1 rings (SSSR count). The van der Waals surface area contributed by atoms with E-state index < -0.39 is 0 Å². The summed E-state index contributed by atoms with van der Waals surface area (Å²) in [5, 5.41) is 3.46. The van der Waals surface area contributed by atoms with Crippen LogP contribution in [0.1, 0.15) is 25.5 Å². The maximum Gasteiger partial charge on any atom is 0.106 e. The molecular formula is C12H19BrN2O. The fraction of sp³-hybridized carbons (Fsp3) is 0.583. The Hall–Kier alpha value is -0.450. The molecule has 0 aromatic carbocycles. The summed E-state index contributed by atoms with van der Waals surface area (Å²) in [5.41, 5.74) is 1.05. The lowest BCUT2D eigenvalue weighted by Crippen LogP contribution is -2.32. The second-order valence-corrected chi connectivity index (χ2v) is 4.59. The van der Waals surface area contributed by atoms with Gasteiger partial charge in [-0.25, -0.2) is 4.98 Å². The van der Waals surface area contributed by atoms with E-state index in [1.807, 2.05) is 18.2 Å². The summed E-state index contributed by atoms with van der Waals surface area (Å²) in [7, 11) is 1.74. The predicted octanol–water partition coefficient (Wildman–Crippen LogP) is 2.75. The van der Waals surface area contributed by atoms with Crippen molar-refractivity contribution in [3.05, 3.63) is 28.5 Å². The first-order chi connectivity index (χ1) is 7.76. The summed E-state index contributed by atoms with van der Waals surface area (Å²) in [6.07, 6.45) is 2.29.